The Hall–Kier alpha value is -1.88. The average Bonchev–Trinajstić information content (AvgIpc) is 3.25. The van der Waals surface area contributed by atoms with Gasteiger partial charge in [-0.25, -0.2) is 0 Å². The summed E-state index contributed by atoms with van der Waals surface area (Å²) in [6.07, 6.45) is 5.80. The van der Waals surface area contributed by atoms with E-state index in [-0.39, 0.29) is 0 Å². The minimum absolute atomic E-state index is 0.332. The van der Waals surface area contributed by atoms with Crippen LogP contribution in [0.2, 0.25) is 0 Å². The predicted molar refractivity (Wildman–Crippen MR) is 112 cm³/mol. The number of hydrogen-bond donors (Lipinski definition) is 2. The van der Waals surface area contributed by atoms with E-state index in [1.165, 1.54) is 42.4 Å². The van der Waals surface area contributed by atoms with E-state index < -0.39 is 6.10 Å². The van der Waals surface area contributed by atoms with Gasteiger partial charge in [0.05, 0.1) is 0 Å². The summed E-state index contributed by atoms with van der Waals surface area (Å²) >= 11 is 0. The van der Waals surface area contributed by atoms with E-state index in [4.69, 9.17) is 4.74 Å². The first kappa shape index (κ1) is 19.4. The minimum Gasteiger partial charge on any atom is -0.491 e. The summed E-state index contributed by atoms with van der Waals surface area (Å²) in [5, 5.41) is 14.2. The molecule has 1 aliphatic heterocycles. The molecule has 4 rings (SSSR count). The maximum atomic E-state index is 10.5. The van der Waals surface area contributed by atoms with Gasteiger partial charge >= 0.3 is 0 Å². The SMILES string of the molecule is OC(COc1ccccc1CNC1CCCC1)CN1CCc2ccccc2C1. The zero-order valence-electron chi connectivity index (χ0n) is 16.6. The lowest BCUT2D eigenvalue weighted by Gasteiger charge is -2.30. The van der Waals surface area contributed by atoms with Gasteiger partial charge in [-0.3, -0.25) is 4.90 Å². The summed E-state index contributed by atoms with van der Waals surface area (Å²) in [6, 6.07) is 17.4. The van der Waals surface area contributed by atoms with Crippen LogP contribution in [0, 0.1) is 0 Å². The summed E-state index contributed by atoms with van der Waals surface area (Å²) < 4.78 is 6.01. The fourth-order valence-corrected chi connectivity index (χ4v) is 4.42. The highest BCUT2D eigenvalue weighted by atomic mass is 16.5. The lowest BCUT2D eigenvalue weighted by atomic mass is 10.00. The van der Waals surface area contributed by atoms with Crippen LogP contribution in [0.3, 0.4) is 0 Å². The number of aliphatic hydroxyl groups is 1. The molecule has 2 aromatic carbocycles. The van der Waals surface area contributed by atoms with Gasteiger partial charge in [-0.05, 0) is 36.5 Å². The largest absolute Gasteiger partial charge is 0.491 e. The Morgan fingerprint density at radius 2 is 1.79 bits per heavy atom. The third kappa shape index (κ3) is 5.13. The van der Waals surface area contributed by atoms with Crippen LogP contribution in [-0.4, -0.2) is 41.8 Å². The van der Waals surface area contributed by atoms with Crippen LogP contribution in [0.5, 0.6) is 5.75 Å². The highest BCUT2D eigenvalue weighted by molar-refractivity contribution is 5.33. The lowest BCUT2D eigenvalue weighted by molar-refractivity contribution is 0.0634. The maximum absolute atomic E-state index is 10.5. The number of nitrogens with zero attached hydrogens (tertiary/aromatic N) is 1. The second-order valence-corrected chi connectivity index (χ2v) is 8.19. The van der Waals surface area contributed by atoms with Gasteiger partial charge in [0.2, 0.25) is 0 Å². The lowest BCUT2D eigenvalue weighted by Crippen LogP contribution is -2.38. The Balaban J connectivity index is 1.26. The number of ether oxygens (including phenoxy) is 1. The average molecular weight is 381 g/mol. The number of hydrogen-bond acceptors (Lipinski definition) is 4. The van der Waals surface area contributed by atoms with Gasteiger partial charge in [-0.1, -0.05) is 55.3 Å². The summed E-state index contributed by atoms with van der Waals surface area (Å²) in [4.78, 5) is 2.32. The number of nitrogens with one attached hydrogen (secondary N) is 1. The zero-order chi connectivity index (χ0) is 19.2. The Bertz CT molecular complexity index is 758. The van der Waals surface area contributed by atoms with E-state index >= 15 is 0 Å². The van der Waals surface area contributed by atoms with E-state index in [9.17, 15) is 5.11 Å². The Kier molecular flexibility index (Phi) is 6.63. The van der Waals surface area contributed by atoms with Gasteiger partial charge in [0.1, 0.15) is 18.5 Å². The summed E-state index contributed by atoms with van der Waals surface area (Å²) in [5.41, 5.74) is 3.99. The molecule has 0 aromatic heterocycles. The van der Waals surface area contributed by atoms with Gasteiger partial charge in [-0.15, -0.1) is 0 Å². The molecule has 1 fully saturated rings. The Labute approximate surface area is 168 Å². The van der Waals surface area contributed by atoms with Crippen molar-refractivity contribution in [1.29, 1.82) is 0 Å². The van der Waals surface area contributed by atoms with E-state index in [1.54, 1.807) is 0 Å². The standard InChI is InChI=1S/C24H32N2O2/c27-23(17-26-14-13-19-7-1-2-9-21(19)16-26)18-28-24-12-6-3-8-20(24)15-25-22-10-4-5-11-22/h1-3,6-9,12,22-23,25,27H,4-5,10-11,13-18H2. The molecule has 4 heteroatoms. The van der Waals surface area contributed by atoms with Gasteiger partial charge in [0.25, 0.3) is 0 Å². The fraction of sp³-hybridized carbons (Fsp3) is 0.500. The van der Waals surface area contributed by atoms with E-state index in [0.29, 0.717) is 19.2 Å². The van der Waals surface area contributed by atoms with Gasteiger partial charge in [0, 0.05) is 37.8 Å². The number of fused-ring (bicyclic) bond motifs is 1. The van der Waals surface area contributed by atoms with E-state index in [0.717, 1.165) is 31.8 Å². The van der Waals surface area contributed by atoms with Crippen molar-refractivity contribution in [3.63, 3.8) is 0 Å². The molecular formula is C24H32N2O2. The second-order valence-electron chi connectivity index (χ2n) is 8.19. The molecule has 1 unspecified atom stereocenters. The molecule has 1 heterocycles. The quantitative estimate of drug-likeness (QED) is 0.736. The molecule has 28 heavy (non-hydrogen) atoms. The van der Waals surface area contributed by atoms with Crippen LogP contribution in [0.25, 0.3) is 0 Å². The molecule has 2 N–H and O–H groups in total. The summed E-state index contributed by atoms with van der Waals surface area (Å²) in [5.74, 6) is 0.885. The first-order valence-corrected chi connectivity index (χ1v) is 10.7. The minimum atomic E-state index is -0.485. The molecule has 0 amide bonds. The van der Waals surface area contributed by atoms with Gasteiger partial charge in [0.15, 0.2) is 0 Å². The van der Waals surface area contributed by atoms with Crippen LogP contribution in [0.15, 0.2) is 48.5 Å². The van der Waals surface area contributed by atoms with Gasteiger partial charge in [-0.2, -0.15) is 0 Å². The summed E-state index contributed by atoms with van der Waals surface area (Å²) in [6.45, 7) is 3.72. The van der Waals surface area contributed by atoms with Crippen LogP contribution in [0.4, 0.5) is 0 Å². The molecular weight excluding hydrogens is 348 g/mol. The normalized spacial score (nSPS) is 18.8. The molecule has 0 radical (unpaired) electrons. The highest BCUT2D eigenvalue weighted by Crippen LogP contribution is 2.22. The smallest absolute Gasteiger partial charge is 0.123 e. The van der Waals surface area contributed by atoms with Crippen molar-refractivity contribution >= 4 is 0 Å². The third-order valence-electron chi connectivity index (χ3n) is 6.02. The topological polar surface area (TPSA) is 44.7 Å². The molecule has 1 saturated carbocycles. The first-order valence-electron chi connectivity index (χ1n) is 10.7. The predicted octanol–water partition coefficient (Wildman–Crippen LogP) is 3.52. The number of β-amino-alcohol motifs (C(OH)–C–C–N with tert-alkyl or cyclic N) is 1. The monoisotopic (exact) mass is 380 g/mol. The van der Waals surface area contributed by atoms with Crippen molar-refractivity contribution in [2.24, 2.45) is 0 Å². The van der Waals surface area contributed by atoms with E-state index in [1.807, 2.05) is 12.1 Å². The van der Waals surface area contributed by atoms with Crippen molar-refractivity contribution in [3.05, 3.63) is 65.2 Å². The molecule has 1 atom stereocenters. The Morgan fingerprint density at radius 1 is 1.04 bits per heavy atom. The van der Waals surface area contributed by atoms with Crippen molar-refractivity contribution in [1.82, 2.24) is 10.2 Å². The van der Waals surface area contributed by atoms with Gasteiger partial charge < -0.3 is 15.2 Å². The third-order valence-corrected chi connectivity index (χ3v) is 6.02. The Morgan fingerprint density at radius 3 is 2.64 bits per heavy atom. The summed E-state index contributed by atoms with van der Waals surface area (Å²) in [7, 11) is 0. The molecule has 1 aliphatic carbocycles. The number of aliphatic hydroxyl groups excluding tert-OH is 1. The number of benzene rings is 2. The fourth-order valence-electron chi connectivity index (χ4n) is 4.42. The first-order chi connectivity index (χ1) is 13.8. The maximum Gasteiger partial charge on any atom is 0.123 e. The molecule has 4 nitrogen and oxygen atoms in total. The van der Waals surface area contributed by atoms with Crippen LogP contribution in [0.1, 0.15) is 42.4 Å². The van der Waals surface area contributed by atoms with Crippen LogP contribution in [-0.2, 0) is 19.5 Å². The van der Waals surface area contributed by atoms with Crippen LogP contribution < -0.4 is 10.1 Å². The van der Waals surface area contributed by atoms with E-state index in [2.05, 4.69) is 46.6 Å². The molecule has 150 valence electrons. The molecule has 0 bridgehead atoms. The molecule has 0 spiro atoms. The molecule has 2 aliphatic rings. The molecule has 2 aromatic rings. The second kappa shape index (κ2) is 9.55. The van der Waals surface area contributed by atoms with Crippen molar-refractivity contribution in [2.75, 3.05) is 19.7 Å². The van der Waals surface area contributed by atoms with Crippen LogP contribution >= 0.6 is 0 Å². The highest BCUT2D eigenvalue weighted by Gasteiger charge is 2.19. The van der Waals surface area contributed by atoms with Crippen molar-refractivity contribution in [2.45, 2.75) is 57.3 Å². The van der Waals surface area contributed by atoms with Crippen molar-refractivity contribution < 1.29 is 9.84 Å². The molecule has 0 saturated heterocycles. The number of rotatable bonds is 8. The van der Waals surface area contributed by atoms with Crippen molar-refractivity contribution in [3.8, 4) is 5.75 Å². The number of para-hydroxylation sites is 1. The zero-order valence-corrected chi connectivity index (χ0v) is 16.6.